The molecular weight excluding hydrogens is 791 g/mol. The van der Waals surface area contributed by atoms with Crippen LogP contribution in [0.25, 0.3) is 64.3 Å². The Labute approximate surface area is 378 Å². The lowest BCUT2D eigenvalue weighted by Crippen LogP contribution is -2.29. The van der Waals surface area contributed by atoms with E-state index in [9.17, 15) is 0 Å². The van der Waals surface area contributed by atoms with Crippen molar-refractivity contribution in [2.75, 3.05) is 4.90 Å². The average molecular weight is 834 g/mol. The van der Waals surface area contributed by atoms with E-state index >= 15 is 0 Å². The Morgan fingerprint density at radius 1 is 0.391 bits per heavy atom. The molecule has 0 spiro atoms. The van der Waals surface area contributed by atoms with E-state index in [-0.39, 0.29) is 5.41 Å². The van der Waals surface area contributed by atoms with Crippen LogP contribution in [0.15, 0.2) is 224 Å². The number of hydrogen-bond acceptors (Lipinski definition) is 2. The van der Waals surface area contributed by atoms with Gasteiger partial charge >= 0.3 is 0 Å². The molecule has 0 unspecified atom stereocenters. The molecule has 2 aliphatic rings. The summed E-state index contributed by atoms with van der Waals surface area (Å²) in [7, 11) is 0. The lowest BCUT2D eigenvalue weighted by molar-refractivity contribution is 0.660. The predicted octanol–water partition coefficient (Wildman–Crippen LogP) is 17.0. The fourth-order valence-electron chi connectivity index (χ4n) is 11.4. The van der Waals surface area contributed by atoms with Crippen molar-refractivity contribution in [3.63, 3.8) is 0 Å². The molecule has 1 heterocycles. The molecule has 64 heavy (non-hydrogen) atoms. The first-order chi connectivity index (χ1) is 31.5. The Bertz CT molecular complexity index is 3590. The molecular formula is C62H43NS. The molecule has 11 aromatic rings. The quantitative estimate of drug-likeness (QED) is 0.161. The van der Waals surface area contributed by atoms with Gasteiger partial charge in [0.25, 0.3) is 0 Å². The van der Waals surface area contributed by atoms with Crippen LogP contribution in [-0.4, -0.2) is 0 Å². The maximum absolute atomic E-state index is 2.56. The number of anilines is 3. The van der Waals surface area contributed by atoms with E-state index in [1.807, 2.05) is 11.3 Å². The zero-order valence-electron chi connectivity index (χ0n) is 35.7. The molecule has 0 saturated carbocycles. The fraction of sp³-hybridized carbons (Fsp3) is 0.0645. The SMILES string of the molecule is CC1(C)c2ccccc2-c2ccc(N(c3ccc(-c4ccccc4)cc3)c3cc(C4(c5ccccc5)c5ccccc5-c5ccccc54)cc4sc5c6ccccc6ccc5c34)cc21. The van der Waals surface area contributed by atoms with Crippen LogP contribution in [0.5, 0.6) is 0 Å². The molecule has 0 amide bonds. The Hall–Kier alpha value is -7.52. The minimum Gasteiger partial charge on any atom is -0.310 e. The summed E-state index contributed by atoms with van der Waals surface area (Å²) in [6.45, 7) is 4.77. The van der Waals surface area contributed by atoms with Crippen molar-refractivity contribution in [1.82, 2.24) is 0 Å². The van der Waals surface area contributed by atoms with Gasteiger partial charge in [0.1, 0.15) is 0 Å². The number of rotatable bonds is 6. The molecule has 2 heteroatoms. The average Bonchev–Trinajstić information content (AvgIpc) is 3.96. The molecule has 1 nitrogen and oxygen atoms in total. The van der Waals surface area contributed by atoms with Crippen LogP contribution in [0, 0.1) is 0 Å². The van der Waals surface area contributed by atoms with Gasteiger partial charge in [0, 0.05) is 37.0 Å². The van der Waals surface area contributed by atoms with Crippen LogP contribution in [-0.2, 0) is 10.8 Å². The van der Waals surface area contributed by atoms with E-state index in [4.69, 9.17) is 0 Å². The number of fused-ring (bicyclic) bond motifs is 11. The van der Waals surface area contributed by atoms with E-state index in [1.165, 1.54) is 103 Å². The maximum atomic E-state index is 2.56. The normalized spacial score (nSPS) is 14.0. The molecule has 0 atom stereocenters. The zero-order chi connectivity index (χ0) is 42.6. The third-order valence-corrected chi connectivity index (χ3v) is 15.5. The van der Waals surface area contributed by atoms with Gasteiger partial charge in [0.15, 0.2) is 0 Å². The van der Waals surface area contributed by atoms with Crippen LogP contribution in [0.4, 0.5) is 17.1 Å². The largest absolute Gasteiger partial charge is 0.310 e. The summed E-state index contributed by atoms with van der Waals surface area (Å²) in [5.74, 6) is 0. The Kier molecular flexibility index (Phi) is 8.11. The first-order valence-corrected chi connectivity index (χ1v) is 23.2. The highest BCUT2D eigenvalue weighted by molar-refractivity contribution is 7.26. The summed E-state index contributed by atoms with van der Waals surface area (Å²) in [5, 5.41) is 5.10. The van der Waals surface area contributed by atoms with Gasteiger partial charge in [-0.15, -0.1) is 11.3 Å². The van der Waals surface area contributed by atoms with Crippen molar-refractivity contribution >= 4 is 59.3 Å². The Morgan fingerprint density at radius 2 is 0.953 bits per heavy atom. The van der Waals surface area contributed by atoms with Crippen LogP contribution >= 0.6 is 11.3 Å². The molecule has 0 saturated heterocycles. The summed E-state index contributed by atoms with van der Waals surface area (Å²) < 4.78 is 2.59. The lowest BCUT2D eigenvalue weighted by atomic mass is 9.67. The van der Waals surface area contributed by atoms with Crippen molar-refractivity contribution < 1.29 is 0 Å². The Balaban J connectivity index is 1.16. The van der Waals surface area contributed by atoms with Crippen LogP contribution in [0.3, 0.4) is 0 Å². The summed E-state index contributed by atoms with van der Waals surface area (Å²) in [6.07, 6.45) is 0. The fourth-order valence-corrected chi connectivity index (χ4v) is 12.7. The second-order valence-corrected chi connectivity index (χ2v) is 19.0. The molecule has 0 N–H and O–H groups in total. The van der Waals surface area contributed by atoms with E-state index in [1.54, 1.807) is 0 Å². The van der Waals surface area contributed by atoms with E-state index in [0.29, 0.717) is 0 Å². The smallest absolute Gasteiger partial charge is 0.0714 e. The first kappa shape index (κ1) is 37.1. The minimum absolute atomic E-state index is 0.162. The highest BCUT2D eigenvalue weighted by atomic mass is 32.1. The van der Waals surface area contributed by atoms with Gasteiger partial charge in [-0.2, -0.15) is 0 Å². The van der Waals surface area contributed by atoms with Crippen molar-refractivity contribution in [3.05, 3.63) is 258 Å². The van der Waals surface area contributed by atoms with Crippen molar-refractivity contribution in [1.29, 1.82) is 0 Å². The van der Waals surface area contributed by atoms with E-state index < -0.39 is 5.41 Å². The molecule has 10 aromatic carbocycles. The van der Waals surface area contributed by atoms with Crippen molar-refractivity contribution in [2.24, 2.45) is 0 Å². The molecule has 0 fully saturated rings. The minimum atomic E-state index is -0.569. The van der Waals surface area contributed by atoms with Gasteiger partial charge in [-0.25, -0.2) is 0 Å². The number of hydrogen-bond donors (Lipinski definition) is 0. The summed E-state index contributed by atoms with van der Waals surface area (Å²) in [4.78, 5) is 2.56. The van der Waals surface area contributed by atoms with Gasteiger partial charge < -0.3 is 4.90 Å². The third kappa shape index (κ3) is 5.24. The molecule has 0 radical (unpaired) electrons. The van der Waals surface area contributed by atoms with Gasteiger partial charge in [0.05, 0.1) is 11.1 Å². The molecule has 0 bridgehead atoms. The molecule has 302 valence electrons. The summed E-state index contributed by atoms with van der Waals surface area (Å²) >= 11 is 1.93. The van der Waals surface area contributed by atoms with Gasteiger partial charge in [-0.05, 0) is 114 Å². The van der Waals surface area contributed by atoms with E-state index in [2.05, 4.69) is 243 Å². The molecule has 2 aliphatic carbocycles. The van der Waals surface area contributed by atoms with Crippen LogP contribution in [0.1, 0.15) is 47.2 Å². The Morgan fingerprint density at radius 3 is 1.67 bits per heavy atom. The third-order valence-electron chi connectivity index (χ3n) is 14.3. The maximum Gasteiger partial charge on any atom is 0.0714 e. The van der Waals surface area contributed by atoms with E-state index in [0.717, 1.165) is 11.4 Å². The zero-order valence-corrected chi connectivity index (χ0v) is 36.5. The number of benzene rings is 10. The highest BCUT2D eigenvalue weighted by Crippen LogP contribution is 2.59. The first-order valence-electron chi connectivity index (χ1n) is 22.3. The molecule has 0 aliphatic heterocycles. The van der Waals surface area contributed by atoms with Gasteiger partial charge in [-0.1, -0.05) is 202 Å². The second kappa shape index (κ2) is 14.0. The van der Waals surface area contributed by atoms with Gasteiger partial charge in [0.2, 0.25) is 0 Å². The summed E-state index contributed by atoms with van der Waals surface area (Å²) in [6, 6.07) is 84.2. The van der Waals surface area contributed by atoms with Crippen molar-refractivity contribution in [3.8, 4) is 33.4 Å². The van der Waals surface area contributed by atoms with Crippen LogP contribution in [0.2, 0.25) is 0 Å². The highest BCUT2D eigenvalue weighted by Gasteiger charge is 2.46. The topological polar surface area (TPSA) is 3.24 Å². The molecule has 13 rings (SSSR count). The standard InChI is InChI=1S/C62H43NS/c1-61(2)53-26-14-11-23-48(53)51-36-34-46(39-56(51)61)63(45-32-29-41(30-33-45)40-17-5-3-6-18-40)57-37-44(38-58-59(57)52-35-31-42-19-9-10-22-47(42)60(52)64-58)62(43-20-7-4-8-21-43)54-27-15-12-24-49(54)50-25-13-16-28-55(50)62/h3-39H,1-2H3. The van der Waals surface area contributed by atoms with Crippen LogP contribution < -0.4 is 4.90 Å². The monoisotopic (exact) mass is 833 g/mol. The number of thiophene rings is 1. The summed E-state index contributed by atoms with van der Waals surface area (Å²) in [5.41, 5.74) is 18.2. The lowest BCUT2D eigenvalue weighted by Gasteiger charge is -2.35. The molecule has 1 aromatic heterocycles. The number of nitrogens with zero attached hydrogens (tertiary/aromatic N) is 1. The van der Waals surface area contributed by atoms with Crippen molar-refractivity contribution in [2.45, 2.75) is 24.7 Å². The second-order valence-electron chi connectivity index (χ2n) is 18.0. The van der Waals surface area contributed by atoms with Gasteiger partial charge in [-0.3, -0.25) is 0 Å². The predicted molar refractivity (Wildman–Crippen MR) is 272 cm³/mol.